The number of aromatic nitrogens is 1. The number of hydrogen-bond donors (Lipinski definition) is 2. The Morgan fingerprint density at radius 3 is 2.77 bits per heavy atom. The fraction of sp³-hybridized carbons (Fsp3) is 0.500. The van der Waals surface area contributed by atoms with E-state index in [1.54, 1.807) is 7.05 Å². The van der Waals surface area contributed by atoms with E-state index >= 15 is 0 Å². The Hall–Kier alpha value is -1.10. The Morgan fingerprint density at radius 1 is 1.62 bits per heavy atom. The summed E-state index contributed by atoms with van der Waals surface area (Å²) in [5.74, 6) is 0.400. The molecule has 5 heteroatoms. The van der Waals surface area contributed by atoms with Crippen LogP contribution in [0.1, 0.15) is 25.5 Å². The third-order valence-electron chi connectivity index (χ3n) is 1.56. The van der Waals surface area contributed by atoms with Crippen molar-refractivity contribution in [3.8, 4) is 0 Å². The molecular weight excluding hydrogens is 186 g/mol. The minimum absolute atomic E-state index is 0.232. The van der Waals surface area contributed by atoms with Gasteiger partial charge in [-0.1, -0.05) is 13.8 Å². The summed E-state index contributed by atoms with van der Waals surface area (Å²) in [4.78, 5) is 15.1. The minimum atomic E-state index is -0.232. The zero-order chi connectivity index (χ0) is 9.84. The molecule has 0 unspecified atom stereocenters. The lowest BCUT2D eigenvalue weighted by atomic mass is 10.2. The van der Waals surface area contributed by atoms with E-state index in [9.17, 15) is 4.79 Å². The third kappa shape index (κ3) is 2.69. The van der Waals surface area contributed by atoms with Crippen LogP contribution in [0, 0.1) is 0 Å². The van der Waals surface area contributed by atoms with Gasteiger partial charge >= 0.3 is 6.03 Å². The third-order valence-corrected chi connectivity index (χ3v) is 2.34. The van der Waals surface area contributed by atoms with Crippen LogP contribution < -0.4 is 10.6 Å². The zero-order valence-corrected chi connectivity index (χ0v) is 8.73. The minimum Gasteiger partial charge on any atom is -0.341 e. The van der Waals surface area contributed by atoms with Crippen molar-refractivity contribution in [2.75, 3.05) is 12.4 Å². The first-order valence-electron chi connectivity index (χ1n) is 4.07. The molecule has 13 heavy (non-hydrogen) atoms. The quantitative estimate of drug-likeness (QED) is 0.765. The molecule has 1 aromatic rings. The van der Waals surface area contributed by atoms with Crippen molar-refractivity contribution in [2.45, 2.75) is 19.8 Å². The highest BCUT2D eigenvalue weighted by Gasteiger charge is 2.06. The molecule has 0 saturated carbocycles. The van der Waals surface area contributed by atoms with E-state index < -0.39 is 0 Å². The molecule has 1 aromatic heterocycles. The van der Waals surface area contributed by atoms with Crippen molar-refractivity contribution in [3.63, 3.8) is 0 Å². The van der Waals surface area contributed by atoms with Gasteiger partial charge < -0.3 is 5.32 Å². The van der Waals surface area contributed by atoms with Crippen molar-refractivity contribution in [3.05, 3.63) is 11.1 Å². The number of hydrogen-bond acceptors (Lipinski definition) is 3. The first-order chi connectivity index (χ1) is 6.13. The second kappa shape index (κ2) is 4.23. The maximum atomic E-state index is 10.9. The summed E-state index contributed by atoms with van der Waals surface area (Å²) in [5, 5.41) is 7.69. The molecule has 0 aliphatic rings. The molecule has 0 spiro atoms. The Labute approximate surface area is 81.4 Å². The van der Waals surface area contributed by atoms with Crippen molar-refractivity contribution in [2.24, 2.45) is 0 Å². The molecule has 0 radical (unpaired) electrons. The summed E-state index contributed by atoms with van der Waals surface area (Å²) in [5.41, 5.74) is 1.01. The van der Waals surface area contributed by atoms with Crippen LogP contribution in [0.2, 0.25) is 0 Å². The lowest BCUT2D eigenvalue weighted by Gasteiger charge is -1.99. The molecule has 72 valence electrons. The number of urea groups is 1. The molecule has 1 rings (SSSR count). The monoisotopic (exact) mass is 199 g/mol. The van der Waals surface area contributed by atoms with Crippen LogP contribution in [-0.4, -0.2) is 18.1 Å². The van der Waals surface area contributed by atoms with Gasteiger partial charge in [-0.25, -0.2) is 9.78 Å². The van der Waals surface area contributed by atoms with E-state index in [0.717, 1.165) is 5.69 Å². The fourth-order valence-electron chi connectivity index (χ4n) is 0.768. The summed E-state index contributed by atoms with van der Waals surface area (Å²) in [6.07, 6.45) is 0. The molecule has 0 aliphatic heterocycles. The second-order valence-corrected chi connectivity index (χ2v) is 3.79. The van der Waals surface area contributed by atoms with Crippen LogP contribution >= 0.6 is 11.3 Å². The van der Waals surface area contributed by atoms with Crippen LogP contribution in [-0.2, 0) is 0 Å². The topological polar surface area (TPSA) is 54.0 Å². The van der Waals surface area contributed by atoms with E-state index in [0.29, 0.717) is 11.0 Å². The Bertz CT molecular complexity index is 295. The normalized spacial score (nSPS) is 10.2. The van der Waals surface area contributed by atoms with Gasteiger partial charge in [0.2, 0.25) is 0 Å². The van der Waals surface area contributed by atoms with E-state index in [2.05, 4.69) is 29.5 Å². The standard InChI is InChI=1S/C8H13N3OS/c1-5(2)6-4-13-8(10-6)11-7(12)9-3/h4-5H,1-3H3,(H2,9,10,11,12). The second-order valence-electron chi connectivity index (χ2n) is 2.94. The molecule has 0 aromatic carbocycles. The van der Waals surface area contributed by atoms with Gasteiger partial charge in [-0.15, -0.1) is 11.3 Å². The van der Waals surface area contributed by atoms with Gasteiger partial charge in [0.05, 0.1) is 5.69 Å². The summed E-state index contributed by atoms with van der Waals surface area (Å²) < 4.78 is 0. The maximum absolute atomic E-state index is 10.9. The van der Waals surface area contributed by atoms with Crippen molar-refractivity contribution in [1.82, 2.24) is 10.3 Å². The van der Waals surface area contributed by atoms with Crippen LogP contribution in [0.5, 0.6) is 0 Å². The fourth-order valence-corrected chi connectivity index (χ4v) is 1.64. The number of carbonyl (C=O) groups is 1. The van der Waals surface area contributed by atoms with Crippen molar-refractivity contribution in [1.29, 1.82) is 0 Å². The number of rotatable bonds is 2. The van der Waals surface area contributed by atoms with Gasteiger partial charge in [0.15, 0.2) is 5.13 Å². The smallest absolute Gasteiger partial charge is 0.320 e. The number of anilines is 1. The maximum Gasteiger partial charge on any atom is 0.320 e. The number of nitrogens with one attached hydrogen (secondary N) is 2. The highest BCUT2D eigenvalue weighted by Crippen LogP contribution is 2.20. The Balaban J connectivity index is 2.64. The summed E-state index contributed by atoms with van der Waals surface area (Å²) in [7, 11) is 1.58. The largest absolute Gasteiger partial charge is 0.341 e. The molecule has 2 N–H and O–H groups in total. The van der Waals surface area contributed by atoms with Crippen LogP contribution in [0.3, 0.4) is 0 Å². The molecule has 0 aliphatic carbocycles. The molecule has 0 bridgehead atoms. The molecule has 0 fully saturated rings. The van der Waals surface area contributed by atoms with Gasteiger partial charge in [0.1, 0.15) is 0 Å². The summed E-state index contributed by atoms with van der Waals surface area (Å²) >= 11 is 1.44. The molecular formula is C8H13N3OS. The molecule has 0 atom stereocenters. The van der Waals surface area contributed by atoms with Gasteiger partial charge in [-0.05, 0) is 5.92 Å². The lowest BCUT2D eigenvalue weighted by molar-refractivity contribution is 0.254. The molecule has 4 nitrogen and oxygen atoms in total. The summed E-state index contributed by atoms with van der Waals surface area (Å²) in [6, 6.07) is -0.232. The molecule has 0 saturated heterocycles. The van der Waals surface area contributed by atoms with Crippen LogP contribution in [0.4, 0.5) is 9.93 Å². The highest BCUT2D eigenvalue weighted by molar-refractivity contribution is 7.13. The Kier molecular flexibility index (Phi) is 3.25. The van der Waals surface area contributed by atoms with Crippen molar-refractivity contribution >= 4 is 22.5 Å². The number of thiazole rings is 1. The SMILES string of the molecule is CNC(=O)Nc1nc(C(C)C)cs1. The predicted molar refractivity (Wildman–Crippen MR) is 54.3 cm³/mol. The first kappa shape index (κ1) is 9.98. The average molecular weight is 199 g/mol. The molecule has 1 heterocycles. The zero-order valence-electron chi connectivity index (χ0n) is 7.92. The lowest BCUT2D eigenvalue weighted by Crippen LogP contribution is -2.24. The van der Waals surface area contributed by atoms with Gasteiger partial charge in [0, 0.05) is 12.4 Å². The number of nitrogens with zero attached hydrogens (tertiary/aromatic N) is 1. The van der Waals surface area contributed by atoms with Crippen LogP contribution in [0.15, 0.2) is 5.38 Å². The van der Waals surface area contributed by atoms with Crippen LogP contribution in [0.25, 0.3) is 0 Å². The number of amides is 2. The van der Waals surface area contributed by atoms with E-state index in [4.69, 9.17) is 0 Å². The van der Waals surface area contributed by atoms with Gasteiger partial charge in [0.25, 0.3) is 0 Å². The average Bonchev–Trinajstić information content (AvgIpc) is 2.52. The van der Waals surface area contributed by atoms with E-state index in [1.165, 1.54) is 11.3 Å². The molecule has 2 amide bonds. The van der Waals surface area contributed by atoms with Gasteiger partial charge in [-0.2, -0.15) is 0 Å². The van der Waals surface area contributed by atoms with E-state index in [1.807, 2.05) is 5.38 Å². The number of carbonyl (C=O) groups excluding carboxylic acids is 1. The van der Waals surface area contributed by atoms with E-state index in [-0.39, 0.29) is 6.03 Å². The van der Waals surface area contributed by atoms with Crippen molar-refractivity contribution < 1.29 is 4.79 Å². The highest BCUT2D eigenvalue weighted by atomic mass is 32.1. The Morgan fingerprint density at radius 2 is 2.31 bits per heavy atom. The van der Waals surface area contributed by atoms with Gasteiger partial charge in [-0.3, -0.25) is 5.32 Å². The predicted octanol–water partition coefficient (Wildman–Crippen LogP) is 2.02. The summed E-state index contributed by atoms with van der Waals surface area (Å²) in [6.45, 7) is 4.14. The first-order valence-corrected chi connectivity index (χ1v) is 4.95.